The van der Waals surface area contributed by atoms with E-state index in [1.54, 1.807) is 72.8 Å². The summed E-state index contributed by atoms with van der Waals surface area (Å²) in [5, 5.41) is 36.2. The van der Waals surface area contributed by atoms with Gasteiger partial charge in [0.15, 0.2) is 0 Å². The Morgan fingerprint density at radius 2 is 1.45 bits per heavy atom. The van der Waals surface area contributed by atoms with Gasteiger partial charge in [-0.25, -0.2) is 9.69 Å². The number of benzene rings is 7. The first-order chi connectivity index (χ1) is 38.0. The molecule has 0 unspecified atom stereocenters. The predicted molar refractivity (Wildman–Crippen MR) is 288 cm³/mol. The van der Waals surface area contributed by atoms with E-state index in [0.29, 0.717) is 46.5 Å². The van der Waals surface area contributed by atoms with Gasteiger partial charge in [0, 0.05) is 36.3 Å². The van der Waals surface area contributed by atoms with Crippen molar-refractivity contribution in [1.29, 1.82) is 0 Å². The Hall–Kier alpha value is -8.98. The minimum absolute atomic E-state index is 0.0467. The lowest BCUT2D eigenvalue weighted by atomic mass is 9.65. The van der Waals surface area contributed by atoms with Crippen molar-refractivity contribution in [3.05, 3.63) is 243 Å². The van der Waals surface area contributed by atoms with Gasteiger partial charge in [-0.15, -0.1) is 0 Å². The molecule has 7 atom stereocenters. The van der Waals surface area contributed by atoms with Gasteiger partial charge < -0.3 is 29.7 Å². The number of hydrogen-bond donors (Lipinski definition) is 3. The second-order valence-corrected chi connectivity index (χ2v) is 19.4. The molecule has 394 valence electrons. The molecule has 0 radical (unpaired) electrons. The second-order valence-electron chi connectivity index (χ2n) is 19.4. The number of amides is 3. The van der Waals surface area contributed by atoms with Gasteiger partial charge in [-0.05, 0) is 76.8 Å². The first kappa shape index (κ1) is 52.5. The molecule has 0 aromatic heterocycles. The number of aliphatic hydroxyl groups excluding tert-OH is 2. The second kappa shape index (κ2) is 23.1. The van der Waals surface area contributed by atoms with Crippen molar-refractivity contribution < 1.29 is 48.5 Å². The van der Waals surface area contributed by atoms with Crippen molar-refractivity contribution in [2.24, 2.45) is 5.92 Å². The van der Waals surface area contributed by atoms with Gasteiger partial charge in [0.1, 0.15) is 36.5 Å². The fourth-order valence-corrected chi connectivity index (χ4v) is 11.2. The van der Waals surface area contributed by atoms with Crippen molar-refractivity contribution in [2.45, 2.75) is 48.9 Å². The number of aliphatic hydroxyl groups is 2. The summed E-state index contributed by atoms with van der Waals surface area (Å²) in [6, 6.07) is 50.5. The maximum atomic E-state index is 16.8. The summed E-state index contributed by atoms with van der Waals surface area (Å²) in [5.41, 5.74) is 1.84. The minimum atomic E-state index is -2.24. The Balaban J connectivity index is 1.21. The number of anilines is 1. The van der Waals surface area contributed by atoms with Crippen LogP contribution in [0.2, 0.25) is 0 Å². The highest BCUT2D eigenvalue weighted by Gasteiger charge is 2.76. The third-order valence-electron chi connectivity index (χ3n) is 14.5. The number of nitro benzene ring substituents is 1. The standard InChI is InChI=1S/C62H55N5O11/c1-64(39-42-17-6-2-7-18-42)34-16-19-41-30-33-50-49(37-41)62(60(72)65(50)61(73)77-40-43-28-31-47(32-29-43)67(74)75)53(58(70)63-38-51(69)44-20-8-3-9-21-44)55-59(71)78-56(46-24-12-5-13-25-46)54(45-22-10-4-11-23-45)66(55)57(62)48-26-14-15-27-52(48)76-36-35-68/h2-15,17-18,20-33,37,51,53-57,68-69H,34-36,38-40H2,1H3,(H,63,70)/t51-,53-,54-,55-,56+,57+,62-/m0/s1. The van der Waals surface area contributed by atoms with Gasteiger partial charge >= 0.3 is 12.1 Å². The van der Waals surface area contributed by atoms with E-state index in [0.717, 1.165) is 10.5 Å². The number of rotatable bonds is 16. The van der Waals surface area contributed by atoms with Gasteiger partial charge in [-0.3, -0.25) is 34.3 Å². The van der Waals surface area contributed by atoms with Gasteiger partial charge in [-0.2, -0.15) is 0 Å². The molecule has 7 aromatic carbocycles. The van der Waals surface area contributed by atoms with Crippen LogP contribution in [0.15, 0.2) is 188 Å². The third kappa shape index (κ3) is 10.2. The molecular formula is C62H55N5O11. The van der Waals surface area contributed by atoms with Crippen LogP contribution in [-0.4, -0.2) is 88.2 Å². The number of carbonyl (C=O) groups excluding carboxylic acids is 4. The SMILES string of the molecule is CN(CC#Cc1ccc2c(c1)[C@]1(C(=O)N2C(=O)OCc2ccc([N+](=O)[O-])cc2)[C@H](C(=O)NC[C@H](O)c2ccccc2)[C@H]2C(=O)O[C@H](c3ccccc3)[C@H](c3ccccc3)N2[C@@H]1c1ccccc1OCCO)Cc1ccccc1. The number of fused-ring (bicyclic) bond motifs is 3. The van der Waals surface area contributed by atoms with E-state index in [1.165, 1.54) is 24.3 Å². The highest BCUT2D eigenvalue weighted by molar-refractivity contribution is 6.23. The average molecular weight is 1050 g/mol. The molecule has 2 saturated heterocycles. The summed E-state index contributed by atoms with van der Waals surface area (Å²) in [6.45, 7) is -0.325. The quantitative estimate of drug-likeness (QED) is 0.0362. The van der Waals surface area contributed by atoms with E-state index in [1.807, 2.05) is 108 Å². The van der Waals surface area contributed by atoms with Crippen LogP contribution in [0.4, 0.5) is 16.2 Å². The van der Waals surface area contributed by atoms with Crippen LogP contribution < -0.4 is 15.0 Å². The number of para-hydroxylation sites is 1. The van der Waals surface area contributed by atoms with Gasteiger partial charge in [-0.1, -0.05) is 151 Å². The first-order valence-corrected chi connectivity index (χ1v) is 25.5. The molecular weight excluding hydrogens is 991 g/mol. The van der Waals surface area contributed by atoms with Crippen LogP contribution in [0.1, 0.15) is 68.8 Å². The molecule has 10 rings (SSSR count). The Morgan fingerprint density at radius 3 is 2.13 bits per heavy atom. The number of hydrogen-bond acceptors (Lipinski definition) is 13. The van der Waals surface area contributed by atoms with Crippen molar-refractivity contribution in [3.8, 4) is 17.6 Å². The van der Waals surface area contributed by atoms with Crippen LogP contribution in [0.5, 0.6) is 5.75 Å². The van der Waals surface area contributed by atoms with E-state index >= 15 is 19.2 Å². The lowest BCUT2D eigenvalue weighted by molar-refractivity contribution is -0.384. The first-order valence-electron chi connectivity index (χ1n) is 25.5. The number of nitrogens with one attached hydrogen (secondary N) is 1. The summed E-state index contributed by atoms with van der Waals surface area (Å²) < 4.78 is 18.9. The summed E-state index contributed by atoms with van der Waals surface area (Å²) >= 11 is 0. The number of ether oxygens (including phenoxy) is 3. The summed E-state index contributed by atoms with van der Waals surface area (Å²) in [5.74, 6) is 2.48. The normalized spacial score (nSPS) is 20.7. The molecule has 2 fully saturated rings. The third-order valence-corrected chi connectivity index (χ3v) is 14.5. The zero-order valence-electron chi connectivity index (χ0n) is 42.5. The van der Waals surface area contributed by atoms with Crippen molar-refractivity contribution in [1.82, 2.24) is 15.1 Å². The largest absolute Gasteiger partial charge is 0.491 e. The van der Waals surface area contributed by atoms with Gasteiger partial charge in [0.2, 0.25) is 11.8 Å². The van der Waals surface area contributed by atoms with E-state index in [9.17, 15) is 20.3 Å². The maximum Gasteiger partial charge on any atom is 0.421 e. The van der Waals surface area contributed by atoms with Crippen molar-refractivity contribution in [3.63, 3.8) is 0 Å². The maximum absolute atomic E-state index is 16.8. The molecule has 0 saturated carbocycles. The van der Waals surface area contributed by atoms with E-state index in [4.69, 9.17) is 14.2 Å². The van der Waals surface area contributed by atoms with Crippen LogP contribution in [0.3, 0.4) is 0 Å². The number of nitro groups is 1. The fraction of sp³-hybridized carbons (Fsp3) is 0.226. The van der Waals surface area contributed by atoms with Gasteiger partial charge in [0.05, 0.1) is 47.9 Å². The summed E-state index contributed by atoms with van der Waals surface area (Å²) in [7, 11) is 1.94. The van der Waals surface area contributed by atoms with E-state index in [-0.39, 0.29) is 42.4 Å². The Morgan fingerprint density at radius 1 is 0.808 bits per heavy atom. The number of nitrogens with zero attached hydrogens (tertiary/aromatic N) is 4. The summed E-state index contributed by atoms with van der Waals surface area (Å²) in [4.78, 5) is 79.1. The molecule has 78 heavy (non-hydrogen) atoms. The van der Waals surface area contributed by atoms with Crippen molar-refractivity contribution in [2.75, 3.05) is 38.3 Å². The number of esters is 1. The number of cyclic esters (lactones) is 1. The lowest BCUT2D eigenvalue weighted by Crippen LogP contribution is -2.56. The summed E-state index contributed by atoms with van der Waals surface area (Å²) in [6.07, 6.45) is -3.37. The molecule has 16 heteroatoms. The average Bonchev–Trinajstić information content (AvgIpc) is 3.99. The highest BCUT2D eigenvalue weighted by Crippen LogP contribution is 2.66. The number of non-ortho nitro benzene ring substituents is 1. The molecule has 3 aliphatic rings. The highest BCUT2D eigenvalue weighted by atomic mass is 16.6. The number of imide groups is 1. The van der Waals surface area contributed by atoms with Crippen LogP contribution in [0.25, 0.3) is 0 Å². The smallest absolute Gasteiger partial charge is 0.421 e. The van der Waals surface area contributed by atoms with Crippen LogP contribution in [-0.2, 0) is 42.4 Å². The van der Waals surface area contributed by atoms with Crippen LogP contribution >= 0.6 is 0 Å². The molecule has 3 N–H and O–H groups in total. The monoisotopic (exact) mass is 1050 g/mol. The lowest BCUT2D eigenvalue weighted by Gasteiger charge is -2.46. The van der Waals surface area contributed by atoms with E-state index in [2.05, 4.69) is 17.2 Å². The molecule has 3 aliphatic heterocycles. The fourth-order valence-electron chi connectivity index (χ4n) is 11.2. The topological polar surface area (TPSA) is 201 Å². The van der Waals surface area contributed by atoms with Gasteiger partial charge in [0.25, 0.3) is 5.69 Å². The Kier molecular flexibility index (Phi) is 15.5. The predicted octanol–water partition coefficient (Wildman–Crippen LogP) is 8.30. The molecule has 1 spiro atoms. The van der Waals surface area contributed by atoms with Crippen molar-refractivity contribution >= 4 is 35.3 Å². The molecule has 3 amide bonds. The zero-order valence-corrected chi connectivity index (χ0v) is 42.5. The Labute approximate surface area is 450 Å². The molecule has 3 heterocycles. The van der Waals surface area contributed by atoms with E-state index < -0.39 is 77.1 Å². The Bertz CT molecular complexity index is 3380. The number of carbonyl (C=O) groups is 4. The number of morpholine rings is 1. The molecule has 16 nitrogen and oxygen atoms in total. The molecule has 0 aliphatic carbocycles. The van der Waals surface area contributed by atoms with Crippen LogP contribution in [0, 0.1) is 27.9 Å². The molecule has 7 aromatic rings. The zero-order chi connectivity index (χ0) is 54.3. The minimum Gasteiger partial charge on any atom is -0.491 e. The molecule has 0 bridgehead atoms.